The van der Waals surface area contributed by atoms with Crippen molar-refractivity contribution in [3.8, 4) is 0 Å². The van der Waals surface area contributed by atoms with Crippen LogP contribution in [0.15, 0.2) is 0 Å². The van der Waals surface area contributed by atoms with Gasteiger partial charge in [0.2, 0.25) is 0 Å². The van der Waals surface area contributed by atoms with Gasteiger partial charge in [-0.25, -0.2) is 4.39 Å². The Bertz CT molecular complexity index is 153. The first-order chi connectivity index (χ1) is 4.19. The van der Waals surface area contributed by atoms with Crippen LogP contribution < -0.4 is 0 Å². The van der Waals surface area contributed by atoms with Gasteiger partial charge >= 0.3 is 11.3 Å². The van der Waals surface area contributed by atoms with Gasteiger partial charge in [-0.1, -0.05) is 11.6 Å². The molecule has 0 N–H and O–H groups in total. The van der Waals surface area contributed by atoms with Crippen LogP contribution in [0.1, 0.15) is 0 Å². The molecule has 0 radical (unpaired) electrons. The Morgan fingerprint density at radius 1 is 1.30 bits per heavy atom. The third kappa shape index (κ3) is 1.94. The number of rotatable bonds is 1. The normalized spacial score (nSPS) is 18.2. The zero-order chi connectivity index (χ0) is 8.58. The van der Waals surface area contributed by atoms with Crippen molar-refractivity contribution in [2.24, 2.45) is 0 Å². The van der Waals surface area contributed by atoms with E-state index < -0.39 is 15.1 Å². The molecule has 0 saturated carbocycles. The van der Waals surface area contributed by atoms with Gasteiger partial charge in [-0.15, -0.1) is 0 Å². The summed E-state index contributed by atoms with van der Waals surface area (Å²) in [5.41, 5.74) is 0. The highest BCUT2D eigenvalue weighted by atomic mass is 127. The number of carbonyl (C=O) groups is 1. The number of hydrogen-bond donors (Lipinski definition) is 0. The fourth-order valence-electron chi connectivity index (χ4n) is 0.111. The Morgan fingerprint density at radius 3 is 1.60 bits per heavy atom. The van der Waals surface area contributed by atoms with Crippen LogP contribution in [0.4, 0.5) is 17.6 Å². The molecule has 10 heavy (non-hydrogen) atoms. The Balaban J connectivity index is 4.57. The molecule has 0 rings (SSSR count). The lowest BCUT2D eigenvalue weighted by Crippen LogP contribution is -2.40. The highest BCUT2D eigenvalue weighted by molar-refractivity contribution is 14.1. The summed E-state index contributed by atoms with van der Waals surface area (Å²) in [7, 11) is 0. The molecule has 1 unspecified atom stereocenters. The van der Waals surface area contributed by atoms with E-state index in [1.165, 1.54) is 0 Å². The van der Waals surface area contributed by atoms with Crippen molar-refractivity contribution in [2.75, 3.05) is 0 Å². The van der Waals surface area contributed by atoms with Crippen molar-refractivity contribution in [3.05, 3.63) is 0 Å². The molecule has 0 amide bonds. The average molecular weight is 290 g/mol. The van der Waals surface area contributed by atoms with Gasteiger partial charge in [-0.05, 0) is 0 Å². The lowest BCUT2D eigenvalue weighted by atomic mass is 10.4. The summed E-state index contributed by atoms with van der Waals surface area (Å²) in [6.07, 6.45) is -5.34. The van der Waals surface area contributed by atoms with E-state index in [2.05, 4.69) is 11.6 Å². The van der Waals surface area contributed by atoms with Crippen LogP contribution in [-0.2, 0) is 4.79 Å². The van der Waals surface area contributed by atoms with Gasteiger partial charge in [0.1, 0.15) is 0 Å². The second-order valence-corrected chi connectivity index (χ2v) is 2.85. The molecule has 0 aliphatic carbocycles. The summed E-state index contributed by atoms with van der Waals surface area (Å²) < 4.78 is 44.3. The van der Waals surface area contributed by atoms with E-state index in [0.717, 1.165) is 0 Å². The van der Waals surface area contributed by atoms with Crippen LogP contribution in [0.25, 0.3) is 0 Å². The minimum atomic E-state index is -5.34. The van der Waals surface area contributed by atoms with Crippen molar-refractivity contribution >= 4 is 38.0 Å². The fourth-order valence-corrected chi connectivity index (χ4v) is 0.417. The summed E-state index contributed by atoms with van der Waals surface area (Å²) in [5.74, 6) is 0. The second kappa shape index (κ2) is 2.80. The first-order valence-corrected chi connectivity index (χ1v) is 3.29. The van der Waals surface area contributed by atoms with Gasteiger partial charge in [0.05, 0.1) is 0 Å². The lowest BCUT2D eigenvalue weighted by molar-refractivity contribution is -0.193. The minimum Gasteiger partial charge on any atom is -0.282 e. The highest BCUT2D eigenvalue weighted by Crippen LogP contribution is 2.39. The predicted molar refractivity (Wildman–Crippen MR) is 34.8 cm³/mol. The summed E-state index contributed by atoms with van der Waals surface area (Å²) >= 11 is 4.84. The smallest absolute Gasteiger partial charge is 0.282 e. The maximum atomic E-state index is 12.0. The molecule has 1 nitrogen and oxygen atoms in total. The molecule has 0 saturated heterocycles. The van der Waals surface area contributed by atoms with Crippen molar-refractivity contribution < 1.29 is 22.4 Å². The van der Waals surface area contributed by atoms with Crippen molar-refractivity contribution in [1.82, 2.24) is 0 Å². The second-order valence-electron chi connectivity index (χ2n) is 1.35. The maximum Gasteiger partial charge on any atom is 0.445 e. The van der Waals surface area contributed by atoms with Gasteiger partial charge < -0.3 is 0 Å². The largest absolute Gasteiger partial charge is 0.445 e. The van der Waals surface area contributed by atoms with E-state index in [9.17, 15) is 22.4 Å². The molecule has 60 valence electrons. The van der Waals surface area contributed by atoms with Crippen LogP contribution in [0.5, 0.6) is 0 Å². The van der Waals surface area contributed by atoms with Crippen LogP contribution in [0.2, 0.25) is 0 Å². The molecule has 1 atom stereocenters. The van der Waals surface area contributed by atoms with Crippen molar-refractivity contribution in [2.45, 2.75) is 11.3 Å². The maximum absolute atomic E-state index is 12.0. The Hall–Kier alpha value is 0.410. The SMILES string of the molecule is O=C(I)C(F)(Cl)C(F)(F)F. The van der Waals surface area contributed by atoms with E-state index in [4.69, 9.17) is 0 Å². The number of hydrogen-bond acceptors (Lipinski definition) is 1. The molecule has 0 aromatic carbocycles. The monoisotopic (exact) mass is 290 g/mol. The van der Waals surface area contributed by atoms with Gasteiger partial charge in [-0.3, -0.25) is 4.79 Å². The summed E-state index contributed by atoms with van der Waals surface area (Å²) in [5, 5.41) is -4.24. The fraction of sp³-hybridized carbons (Fsp3) is 0.667. The van der Waals surface area contributed by atoms with E-state index in [1.807, 2.05) is 0 Å². The van der Waals surface area contributed by atoms with Crippen LogP contribution in [-0.4, -0.2) is 15.1 Å². The van der Waals surface area contributed by atoms with Gasteiger partial charge in [0.25, 0.3) is 3.79 Å². The molecular formula is C3ClF4IO. The van der Waals surface area contributed by atoms with Crippen molar-refractivity contribution in [1.29, 1.82) is 0 Å². The topological polar surface area (TPSA) is 17.1 Å². The van der Waals surface area contributed by atoms with E-state index >= 15 is 0 Å². The van der Waals surface area contributed by atoms with Crippen molar-refractivity contribution in [3.63, 3.8) is 0 Å². The van der Waals surface area contributed by atoms with Gasteiger partial charge in [0, 0.05) is 22.6 Å². The summed E-state index contributed by atoms with van der Waals surface area (Å²) in [6.45, 7) is 0. The number of halogens is 6. The standard InChI is InChI=1S/C3ClF4IO/c4-2(5,1(9)10)3(6,7)8. The number of alkyl halides is 5. The minimum absolute atomic E-state index is 0.645. The molecule has 0 spiro atoms. The first kappa shape index (κ1) is 10.4. The first-order valence-electron chi connectivity index (χ1n) is 1.84. The van der Waals surface area contributed by atoms with E-state index in [1.54, 1.807) is 0 Å². The molecule has 7 heteroatoms. The van der Waals surface area contributed by atoms with Crippen LogP contribution in [0.3, 0.4) is 0 Å². The summed E-state index contributed by atoms with van der Waals surface area (Å²) in [4.78, 5) is 9.87. The summed E-state index contributed by atoms with van der Waals surface area (Å²) in [6, 6.07) is 0. The molecule has 0 fully saturated rings. The Labute approximate surface area is 71.9 Å². The lowest BCUT2D eigenvalue weighted by Gasteiger charge is -2.15. The molecule has 0 heterocycles. The molecule has 0 aliphatic heterocycles. The molecular weight excluding hydrogens is 290 g/mol. The third-order valence-corrected chi connectivity index (χ3v) is 2.05. The predicted octanol–water partition coefficient (Wildman–Crippen LogP) is 2.41. The Kier molecular flexibility index (Phi) is 2.92. The average Bonchev–Trinajstić information content (AvgIpc) is 1.62. The number of carbonyl (C=O) groups excluding carboxylic acids is 1. The van der Waals surface area contributed by atoms with E-state index in [-0.39, 0.29) is 0 Å². The third-order valence-electron chi connectivity index (χ3n) is 0.603. The van der Waals surface area contributed by atoms with Crippen LogP contribution in [0, 0.1) is 0 Å². The molecule has 0 aliphatic rings. The Morgan fingerprint density at radius 2 is 1.60 bits per heavy atom. The highest BCUT2D eigenvalue weighted by Gasteiger charge is 2.59. The zero-order valence-corrected chi connectivity index (χ0v) is 7.09. The van der Waals surface area contributed by atoms with Gasteiger partial charge in [-0.2, -0.15) is 13.2 Å². The van der Waals surface area contributed by atoms with Crippen LogP contribution >= 0.6 is 34.2 Å². The molecule has 0 aromatic heterocycles. The van der Waals surface area contributed by atoms with E-state index in [0.29, 0.717) is 22.6 Å². The zero-order valence-electron chi connectivity index (χ0n) is 4.18. The van der Waals surface area contributed by atoms with Gasteiger partial charge in [0.15, 0.2) is 0 Å². The molecule has 0 bridgehead atoms. The quantitative estimate of drug-likeness (QED) is 0.314. The molecule has 0 aromatic rings.